The van der Waals surface area contributed by atoms with E-state index in [1.165, 1.54) is 7.11 Å². The van der Waals surface area contributed by atoms with Crippen LogP contribution in [-0.4, -0.2) is 7.11 Å². The Hall–Kier alpha value is -1.75. The minimum absolute atomic E-state index is 0.301. The molecule has 2 heteroatoms. The van der Waals surface area contributed by atoms with Crippen LogP contribution in [0.2, 0.25) is 0 Å². The fraction of sp³-hybridized carbons (Fsp3) is 0.100. The molecule has 1 radical (unpaired) electrons. The van der Waals surface area contributed by atoms with Crippen molar-refractivity contribution in [3.8, 4) is 6.07 Å². The highest BCUT2D eigenvalue weighted by Gasteiger charge is 1.91. The van der Waals surface area contributed by atoms with Crippen LogP contribution in [0.25, 0.3) is 6.08 Å². The van der Waals surface area contributed by atoms with Crippen molar-refractivity contribution in [2.75, 3.05) is 7.11 Å². The average molecular weight is 158 g/mol. The van der Waals surface area contributed by atoms with E-state index in [2.05, 4.69) is 6.07 Å². The topological polar surface area (TPSA) is 33.0 Å². The van der Waals surface area contributed by atoms with Gasteiger partial charge in [0, 0.05) is 0 Å². The van der Waals surface area contributed by atoms with Gasteiger partial charge >= 0.3 is 0 Å². The Labute approximate surface area is 71.7 Å². The van der Waals surface area contributed by atoms with E-state index in [4.69, 9.17) is 10.00 Å². The lowest BCUT2D eigenvalue weighted by Crippen LogP contribution is -1.81. The molecular weight excluding hydrogens is 150 g/mol. The van der Waals surface area contributed by atoms with Gasteiger partial charge in [-0.1, -0.05) is 18.2 Å². The molecule has 0 fully saturated rings. The number of hydrogen-bond acceptors (Lipinski definition) is 2. The Bertz CT molecular complexity index is 308. The summed E-state index contributed by atoms with van der Waals surface area (Å²) < 4.78 is 4.79. The van der Waals surface area contributed by atoms with Gasteiger partial charge in [0.25, 0.3) is 0 Å². The number of benzene rings is 1. The summed E-state index contributed by atoms with van der Waals surface area (Å²) in [6.07, 6.45) is 1.66. The fourth-order valence-corrected chi connectivity index (χ4v) is 0.785. The van der Waals surface area contributed by atoms with Crippen molar-refractivity contribution in [2.45, 2.75) is 0 Å². The van der Waals surface area contributed by atoms with E-state index in [0.29, 0.717) is 5.76 Å². The van der Waals surface area contributed by atoms with Gasteiger partial charge in [0.2, 0.25) is 0 Å². The van der Waals surface area contributed by atoms with Gasteiger partial charge in [-0.2, -0.15) is 5.26 Å². The summed E-state index contributed by atoms with van der Waals surface area (Å²) >= 11 is 0. The molecule has 0 N–H and O–H groups in total. The lowest BCUT2D eigenvalue weighted by Gasteiger charge is -1.94. The first-order valence-electron chi connectivity index (χ1n) is 3.48. The summed E-state index contributed by atoms with van der Waals surface area (Å²) in [5.41, 5.74) is 0.913. The molecule has 2 nitrogen and oxygen atoms in total. The molecule has 0 heterocycles. The van der Waals surface area contributed by atoms with Crippen LogP contribution in [0, 0.1) is 17.4 Å². The van der Waals surface area contributed by atoms with Crippen molar-refractivity contribution in [3.05, 3.63) is 41.7 Å². The molecule has 1 aromatic rings. The van der Waals surface area contributed by atoms with Gasteiger partial charge in [0.1, 0.15) is 6.07 Å². The van der Waals surface area contributed by atoms with Crippen molar-refractivity contribution in [2.24, 2.45) is 0 Å². The molecule has 0 saturated heterocycles. The van der Waals surface area contributed by atoms with Crippen molar-refractivity contribution in [1.82, 2.24) is 0 Å². The SMILES string of the molecule is COC(C#N)=Cc1c[c]ccc1. The van der Waals surface area contributed by atoms with Crippen molar-refractivity contribution < 1.29 is 4.74 Å². The number of rotatable bonds is 2. The zero-order valence-corrected chi connectivity index (χ0v) is 6.74. The number of nitrogens with zero attached hydrogens (tertiary/aromatic N) is 1. The maximum Gasteiger partial charge on any atom is 0.197 e. The smallest absolute Gasteiger partial charge is 0.197 e. The molecule has 1 aromatic carbocycles. The molecule has 0 bridgehead atoms. The predicted octanol–water partition coefficient (Wildman–Crippen LogP) is 2.00. The lowest BCUT2D eigenvalue weighted by molar-refractivity contribution is 0.314. The fourth-order valence-electron chi connectivity index (χ4n) is 0.785. The Balaban J connectivity index is 2.88. The molecule has 0 unspecified atom stereocenters. The van der Waals surface area contributed by atoms with E-state index in [1.807, 2.05) is 18.2 Å². The molecular formula is C10H8NO. The van der Waals surface area contributed by atoms with Gasteiger partial charge in [0.15, 0.2) is 5.76 Å². The third-order valence-electron chi connectivity index (χ3n) is 1.36. The molecule has 0 aliphatic rings. The molecule has 0 aliphatic carbocycles. The number of allylic oxidation sites excluding steroid dienone is 1. The highest BCUT2D eigenvalue weighted by molar-refractivity contribution is 5.54. The Morgan fingerprint density at radius 3 is 3.08 bits per heavy atom. The Kier molecular flexibility index (Phi) is 2.92. The number of methoxy groups -OCH3 is 1. The Morgan fingerprint density at radius 2 is 2.58 bits per heavy atom. The van der Waals surface area contributed by atoms with Gasteiger partial charge in [-0.25, -0.2) is 0 Å². The standard InChI is InChI=1S/C10H8NO/c1-12-10(8-11)7-9-5-3-2-4-6-9/h2-3,5-7H,1H3. The first kappa shape index (κ1) is 8.35. The van der Waals surface area contributed by atoms with E-state index < -0.39 is 0 Å². The highest BCUT2D eigenvalue weighted by atomic mass is 16.5. The summed E-state index contributed by atoms with van der Waals surface area (Å²) in [7, 11) is 1.47. The van der Waals surface area contributed by atoms with Gasteiger partial charge in [0.05, 0.1) is 7.11 Å². The minimum atomic E-state index is 0.301. The summed E-state index contributed by atoms with van der Waals surface area (Å²) in [5.74, 6) is 0.301. The molecule has 0 atom stereocenters. The zero-order chi connectivity index (χ0) is 8.81. The van der Waals surface area contributed by atoms with Gasteiger partial charge in [-0.05, 0) is 23.8 Å². The zero-order valence-electron chi connectivity index (χ0n) is 6.74. The summed E-state index contributed by atoms with van der Waals surface area (Å²) in [4.78, 5) is 0. The van der Waals surface area contributed by atoms with Gasteiger partial charge in [-0.3, -0.25) is 0 Å². The van der Waals surface area contributed by atoms with Crippen molar-refractivity contribution >= 4 is 6.08 Å². The van der Waals surface area contributed by atoms with Crippen LogP contribution in [0.15, 0.2) is 30.0 Å². The number of nitriles is 1. The summed E-state index contributed by atoms with van der Waals surface area (Å²) in [5, 5.41) is 8.53. The van der Waals surface area contributed by atoms with E-state index in [-0.39, 0.29) is 0 Å². The number of ether oxygens (including phenoxy) is 1. The third kappa shape index (κ3) is 2.14. The predicted molar refractivity (Wildman–Crippen MR) is 45.9 cm³/mol. The molecule has 0 spiro atoms. The second-order valence-electron chi connectivity index (χ2n) is 2.16. The second kappa shape index (κ2) is 4.20. The second-order valence-corrected chi connectivity index (χ2v) is 2.16. The first-order chi connectivity index (χ1) is 5.86. The van der Waals surface area contributed by atoms with Crippen LogP contribution in [0.1, 0.15) is 5.56 Å². The van der Waals surface area contributed by atoms with Crippen LogP contribution in [0.4, 0.5) is 0 Å². The highest BCUT2D eigenvalue weighted by Crippen LogP contribution is 2.05. The quantitative estimate of drug-likeness (QED) is 0.487. The van der Waals surface area contributed by atoms with Crippen LogP contribution in [0.3, 0.4) is 0 Å². The maximum absolute atomic E-state index is 8.53. The average Bonchev–Trinajstić information content (AvgIpc) is 2.16. The van der Waals surface area contributed by atoms with Crippen molar-refractivity contribution in [3.63, 3.8) is 0 Å². The largest absolute Gasteiger partial charge is 0.487 e. The third-order valence-corrected chi connectivity index (χ3v) is 1.36. The molecule has 12 heavy (non-hydrogen) atoms. The normalized spacial score (nSPS) is 10.5. The van der Waals surface area contributed by atoms with Crippen LogP contribution in [-0.2, 0) is 4.74 Å². The summed E-state index contributed by atoms with van der Waals surface area (Å²) in [6, 6.07) is 12.2. The Morgan fingerprint density at radius 1 is 1.75 bits per heavy atom. The molecule has 0 amide bonds. The maximum atomic E-state index is 8.53. The van der Waals surface area contributed by atoms with Crippen molar-refractivity contribution in [1.29, 1.82) is 5.26 Å². The monoisotopic (exact) mass is 158 g/mol. The molecule has 0 aliphatic heterocycles. The molecule has 1 rings (SSSR count). The van der Waals surface area contributed by atoms with Crippen LogP contribution >= 0.6 is 0 Å². The molecule has 59 valence electrons. The minimum Gasteiger partial charge on any atom is -0.487 e. The van der Waals surface area contributed by atoms with Crippen LogP contribution in [0.5, 0.6) is 0 Å². The van der Waals surface area contributed by atoms with Crippen LogP contribution < -0.4 is 0 Å². The first-order valence-corrected chi connectivity index (χ1v) is 3.48. The summed E-state index contributed by atoms with van der Waals surface area (Å²) in [6.45, 7) is 0. The number of hydrogen-bond donors (Lipinski definition) is 0. The molecule has 0 saturated carbocycles. The molecule has 0 aromatic heterocycles. The lowest BCUT2D eigenvalue weighted by atomic mass is 10.2. The van der Waals surface area contributed by atoms with E-state index >= 15 is 0 Å². The van der Waals surface area contributed by atoms with E-state index in [0.717, 1.165) is 5.56 Å². The van der Waals surface area contributed by atoms with Gasteiger partial charge in [-0.15, -0.1) is 0 Å². The van der Waals surface area contributed by atoms with Gasteiger partial charge < -0.3 is 4.74 Å². The van der Waals surface area contributed by atoms with E-state index in [1.54, 1.807) is 18.2 Å². The van der Waals surface area contributed by atoms with E-state index in [9.17, 15) is 0 Å².